The quantitative estimate of drug-likeness (QED) is 0.881. The zero-order valence-electron chi connectivity index (χ0n) is 10.5. The fraction of sp³-hybridized carbons (Fsp3) is 0.429. The van der Waals surface area contributed by atoms with Crippen LogP contribution in [0, 0.1) is 0 Å². The molecule has 0 unspecified atom stereocenters. The average molecular weight is 248 g/mol. The van der Waals surface area contributed by atoms with Crippen molar-refractivity contribution in [1.82, 2.24) is 4.90 Å². The molecule has 1 aromatic heterocycles. The molecule has 3 heteroatoms. The molecular weight excluding hydrogens is 228 g/mol. The van der Waals surface area contributed by atoms with Gasteiger partial charge >= 0.3 is 0 Å². The van der Waals surface area contributed by atoms with Crippen molar-refractivity contribution in [1.29, 1.82) is 0 Å². The summed E-state index contributed by atoms with van der Waals surface area (Å²) in [5.74, 6) is 0. The molecule has 17 heavy (non-hydrogen) atoms. The van der Waals surface area contributed by atoms with E-state index in [0.717, 1.165) is 19.6 Å². The Morgan fingerprint density at radius 1 is 1.29 bits per heavy atom. The second-order valence-corrected chi connectivity index (χ2v) is 5.52. The van der Waals surface area contributed by atoms with E-state index in [1.165, 1.54) is 15.6 Å². The smallest absolute Gasteiger partial charge is 0.0346 e. The monoisotopic (exact) mass is 248 g/mol. The summed E-state index contributed by atoms with van der Waals surface area (Å²) in [6.45, 7) is 7.13. The fourth-order valence-electron chi connectivity index (χ4n) is 2.06. The van der Waals surface area contributed by atoms with Gasteiger partial charge in [-0.25, -0.2) is 0 Å². The highest BCUT2D eigenvalue weighted by atomic mass is 32.1. The molecule has 2 rings (SSSR count). The molecule has 1 heterocycles. The van der Waals surface area contributed by atoms with Gasteiger partial charge in [0, 0.05) is 30.4 Å². The van der Waals surface area contributed by atoms with E-state index in [1.807, 2.05) is 11.3 Å². The molecule has 92 valence electrons. The highest BCUT2D eigenvalue weighted by molar-refractivity contribution is 7.17. The van der Waals surface area contributed by atoms with E-state index in [1.54, 1.807) is 0 Å². The zero-order valence-corrected chi connectivity index (χ0v) is 11.3. The van der Waals surface area contributed by atoms with Gasteiger partial charge in [-0.15, -0.1) is 11.3 Å². The van der Waals surface area contributed by atoms with Gasteiger partial charge < -0.3 is 5.73 Å². The van der Waals surface area contributed by atoms with Crippen LogP contribution in [0.3, 0.4) is 0 Å². The summed E-state index contributed by atoms with van der Waals surface area (Å²) in [5.41, 5.74) is 7.09. The van der Waals surface area contributed by atoms with Crippen molar-refractivity contribution in [2.45, 2.75) is 26.4 Å². The number of thiophene rings is 1. The number of rotatable bonds is 5. The first kappa shape index (κ1) is 12.6. The first-order valence-corrected chi connectivity index (χ1v) is 6.99. The van der Waals surface area contributed by atoms with Crippen molar-refractivity contribution < 1.29 is 0 Å². The highest BCUT2D eigenvalue weighted by Crippen LogP contribution is 2.26. The Labute approximate surface area is 107 Å². The van der Waals surface area contributed by atoms with Gasteiger partial charge in [0.25, 0.3) is 0 Å². The van der Waals surface area contributed by atoms with Gasteiger partial charge in [0.15, 0.2) is 0 Å². The summed E-state index contributed by atoms with van der Waals surface area (Å²) in [6, 6.07) is 9.15. The van der Waals surface area contributed by atoms with Gasteiger partial charge in [-0.05, 0) is 36.2 Å². The SMILES string of the molecule is CC(C)N(CCN)Cc1csc2ccccc12. The standard InChI is InChI=1S/C14H20N2S/c1-11(2)16(8-7-15)9-12-10-17-14-6-4-3-5-13(12)14/h3-6,10-11H,7-9,15H2,1-2H3. The number of hydrogen-bond donors (Lipinski definition) is 1. The van der Waals surface area contributed by atoms with Crippen LogP contribution in [0.1, 0.15) is 19.4 Å². The molecule has 0 atom stereocenters. The van der Waals surface area contributed by atoms with E-state index in [2.05, 4.69) is 48.4 Å². The molecule has 0 bridgehead atoms. The van der Waals surface area contributed by atoms with Crippen molar-refractivity contribution in [3.8, 4) is 0 Å². The summed E-state index contributed by atoms with van der Waals surface area (Å²) < 4.78 is 1.37. The molecule has 2 N–H and O–H groups in total. The zero-order chi connectivity index (χ0) is 12.3. The minimum atomic E-state index is 0.539. The van der Waals surface area contributed by atoms with Crippen molar-refractivity contribution in [3.05, 3.63) is 35.2 Å². The molecule has 0 radical (unpaired) electrons. The van der Waals surface area contributed by atoms with Crippen LogP contribution >= 0.6 is 11.3 Å². The van der Waals surface area contributed by atoms with Gasteiger partial charge in [-0.3, -0.25) is 4.90 Å². The van der Waals surface area contributed by atoms with Crippen LogP contribution in [0.15, 0.2) is 29.6 Å². The predicted molar refractivity (Wildman–Crippen MR) is 76.4 cm³/mol. The van der Waals surface area contributed by atoms with E-state index in [9.17, 15) is 0 Å². The van der Waals surface area contributed by atoms with E-state index < -0.39 is 0 Å². The highest BCUT2D eigenvalue weighted by Gasteiger charge is 2.11. The van der Waals surface area contributed by atoms with E-state index in [0.29, 0.717) is 6.04 Å². The van der Waals surface area contributed by atoms with Crippen LogP contribution in [-0.2, 0) is 6.54 Å². The summed E-state index contributed by atoms with van der Waals surface area (Å²) in [5, 5.41) is 3.66. The normalized spacial score (nSPS) is 11.8. The maximum Gasteiger partial charge on any atom is 0.0346 e. The largest absolute Gasteiger partial charge is 0.329 e. The Morgan fingerprint density at radius 2 is 2.06 bits per heavy atom. The van der Waals surface area contributed by atoms with Crippen LogP contribution in [0.5, 0.6) is 0 Å². The van der Waals surface area contributed by atoms with Crippen LogP contribution < -0.4 is 5.73 Å². The maximum atomic E-state index is 5.67. The second kappa shape index (κ2) is 5.63. The molecule has 0 fully saturated rings. The van der Waals surface area contributed by atoms with E-state index in [-0.39, 0.29) is 0 Å². The molecule has 0 aliphatic rings. The second-order valence-electron chi connectivity index (χ2n) is 4.61. The number of nitrogens with two attached hydrogens (primary N) is 1. The molecule has 2 nitrogen and oxygen atoms in total. The number of nitrogens with zero attached hydrogens (tertiary/aromatic N) is 1. The maximum absolute atomic E-state index is 5.67. The van der Waals surface area contributed by atoms with Crippen molar-refractivity contribution >= 4 is 21.4 Å². The van der Waals surface area contributed by atoms with Gasteiger partial charge in [-0.1, -0.05) is 18.2 Å². The Balaban J connectivity index is 2.22. The number of hydrogen-bond acceptors (Lipinski definition) is 3. The fourth-order valence-corrected chi connectivity index (χ4v) is 3.01. The first-order valence-electron chi connectivity index (χ1n) is 6.11. The van der Waals surface area contributed by atoms with Crippen molar-refractivity contribution in [3.63, 3.8) is 0 Å². The van der Waals surface area contributed by atoms with Crippen LogP contribution in [0.2, 0.25) is 0 Å². The number of fused-ring (bicyclic) bond motifs is 1. The third kappa shape index (κ3) is 2.86. The predicted octanol–water partition coefficient (Wildman–Crippen LogP) is 3.07. The molecule has 0 saturated carbocycles. The molecule has 0 spiro atoms. The average Bonchev–Trinajstić information content (AvgIpc) is 2.72. The lowest BCUT2D eigenvalue weighted by atomic mass is 10.1. The minimum absolute atomic E-state index is 0.539. The molecule has 2 aromatic rings. The van der Waals surface area contributed by atoms with Crippen LogP contribution in [0.25, 0.3) is 10.1 Å². The molecule has 0 saturated heterocycles. The van der Waals surface area contributed by atoms with Gasteiger partial charge in [0.2, 0.25) is 0 Å². The van der Waals surface area contributed by atoms with Gasteiger partial charge in [0.1, 0.15) is 0 Å². The third-order valence-corrected chi connectivity index (χ3v) is 4.09. The minimum Gasteiger partial charge on any atom is -0.329 e. The molecule has 1 aromatic carbocycles. The Hall–Kier alpha value is -0.900. The lowest BCUT2D eigenvalue weighted by molar-refractivity contribution is 0.220. The van der Waals surface area contributed by atoms with E-state index >= 15 is 0 Å². The summed E-state index contributed by atoms with van der Waals surface area (Å²) >= 11 is 1.83. The summed E-state index contributed by atoms with van der Waals surface area (Å²) in [4.78, 5) is 2.43. The van der Waals surface area contributed by atoms with Crippen molar-refractivity contribution in [2.24, 2.45) is 5.73 Å². The van der Waals surface area contributed by atoms with Gasteiger partial charge in [0.05, 0.1) is 0 Å². The summed E-state index contributed by atoms with van der Waals surface area (Å²) in [7, 11) is 0. The Kier molecular flexibility index (Phi) is 4.15. The third-order valence-electron chi connectivity index (χ3n) is 3.08. The van der Waals surface area contributed by atoms with Gasteiger partial charge in [-0.2, -0.15) is 0 Å². The Morgan fingerprint density at radius 3 is 2.76 bits per heavy atom. The molecule has 0 aliphatic carbocycles. The molecule has 0 amide bonds. The lowest BCUT2D eigenvalue weighted by Gasteiger charge is -2.25. The lowest BCUT2D eigenvalue weighted by Crippen LogP contribution is -2.34. The Bertz CT molecular complexity index is 476. The number of benzene rings is 1. The van der Waals surface area contributed by atoms with Crippen molar-refractivity contribution in [2.75, 3.05) is 13.1 Å². The van der Waals surface area contributed by atoms with Crippen LogP contribution in [0.4, 0.5) is 0 Å². The molecule has 0 aliphatic heterocycles. The topological polar surface area (TPSA) is 29.3 Å². The molecular formula is C14H20N2S. The van der Waals surface area contributed by atoms with E-state index in [4.69, 9.17) is 5.73 Å². The van der Waals surface area contributed by atoms with Crippen LogP contribution in [-0.4, -0.2) is 24.0 Å². The first-order chi connectivity index (χ1) is 8.22. The summed E-state index contributed by atoms with van der Waals surface area (Å²) in [6.07, 6.45) is 0.